The molecule has 0 unspecified atom stereocenters. The van der Waals surface area contributed by atoms with Crippen molar-refractivity contribution in [3.63, 3.8) is 0 Å². The van der Waals surface area contributed by atoms with E-state index in [1.54, 1.807) is 4.90 Å². The maximum Gasteiger partial charge on any atom is 0.410 e. The smallest absolute Gasteiger partial charge is 0.410 e. The highest BCUT2D eigenvalue weighted by Crippen LogP contribution is 2.28. The Morgan fingerprint density at radius 3 is 2.47 bits per heavy atom. The van der Waals surface area contributed by atoms with E-state index in [2.05, 4.69) is 0 Å². The number of hydrogen-bond donors (Lipinski definition) is 1. The lowest BCUT2D eigenvalue weighted by Gasteiger charge is -2.30. The van der Waals surface area contributed by atoms with Crippen molar-refractivity contribution in [2.24, 2.45) is 0 Å². The van der Waals surface area contributed by atoms with Crippen LogP contribution < -0.4 is 0 Å². The van der Waals surface area contributed by atoms with Crippen LogP contribution in [0.25, 0.3) is 0 Å². The van der Waals surface area contributed by atoms with Gasteiger partial charge in [0.15, 0.2) is 0 Å². The molecule has 1 aliphatic heterocycles. The Bertz CT molecular complexity index is 234. The van der Waals surface area contributed by atoms with E-state index in [1.807, 2.05) is 0 Å². The first-order valence-electron chi connectivity index (χ1n) is 5.84. The van der Waals surface area contributed by atoms with Crippen molar-refractivity contribution in [3.05, 3.63) is 0 Å². The molecule has 1 aliphatic carbocycles. The van der Waals surface area contributed by atoms with Crippen LogP contribution in [0.1, 0.15) is 38.5 Å². The van der Waals surface area contributed by atoms with Crippen LogP contribution in [0.5, 0.6) is 0 Å². The summed E-state index contributed by atoms with van der Waals surface area (Å²) >= 11 is 0. The molecule has 86 valence electrons. The molecule has 1 N–H and O–H groups in total. The molecule has 2 aliphatic rings. The predicted molar refractivity (Wildman–Crippen MR) is 55.6 cm³/mol. The third-order valence-corrected chi connectivity index (χ3v) is 3.36. The van der Waals surface area contributed by atoms with Crippen molar-refractivity contribution in [3.8, 4) is 0 Å². The number of carbonyl (C=O) groups excluding carboxylic acids is 1. The number of β-amino-alcohol motifs (C(OH)–C–C–N with tert-alkyl or cyclic N) is 1. The number of amides is 1. The molecular weight excluding hydrogens is 194 g/mol. The summed E-state index contributed by atoms with van der Waals surface area (Å²) in [6.07, 6.45) is 5.90. The van der Waals surface area contributed by atoms with Gasteiger partial charge in [-0.2, -0.15) is 0 Å². The van der Waals surface area contributed by atoms with Gasteiger partial charge in [-0.05, 0) is 12.8 Å². The molecule has 15 heavy (non-hydrogen) atoms. The monoisotopic (exact) mass is 213 g/mol. The van der Waals surface area contributed by atoms with E-state index in [9.17, 15) is 9.90 Å². The summed E-state index contributed by atoms with van der Waals surface area (Å²) in [5.74, 6) is 0. The molecule has 1 saturated heterocycles. The minimum absolute atomic E-state index is 0.271. The van der Waals surface area contributed by atoms with E-state index < -0.39 is 5.60 Å². The average Bonchev–Trinajstić information content (AvgIpc) is 2.48. The van der Waals surface area contributed by atoms with Crippen molar-refractivity contribution in [1.29, 1.82) is 0 Å². The van der Waals surface area contributed by atoms with Gasteiger partial charge in [-0.3, -0.25) is 0 Å². The van der Waals surface area contributed by atoms with E-state index in [0.29, 0.717) is 19.7 Å². The topological polar surface area (TPSA) is 49.8 Å². The minimum atomic E-state index is -0.667. The second-order valence-corrected chi connectivity index (χ2v) is 4.67. The van der Waals surface area contributed by atoms with Gasteiger partial charge in [-0.1, -0.05) is 25.7 Å². The van der Waals surface area contributed by atoms with Crippen LogP contribution in [0.2, 0.25) is 0 Å². The summed E-state index contributed by atoms with van der Waals surface area (Å²) in [5, 5.41) is 10.4. The van der Waals surface area contributed by atoms with Gasteiger partial charge < -0.3 is 14.7 Å². The number of nitrogens with zero attached hydrogens (tertiary/aromatic N) is 1. The first-order valence-corrected chi connectivity index (χ1v) is 5.84. The van der Waals surface area contributed by atoms with Gasteiger partial charge in [-0.15, -0.1) is 0 Å². The van der Waals surface area contributed by atoms with Crippen LogP contribution >= 0.6 is 0 Å². The third-order valence-electron chi connectivity index (χ3n) is 3.36. The van der Waals surface area contributed by atoms with Crippen molar-refractivity contribution in [2.45, 2.75) is 44.1 Å². The second kappa shape index (κ2) is 4.39. The van der Waals surface area contributed by atoms with Crippen LogP contribution in [0.3, 0.4) is 0 Å². The van der Waals surface area contributed by atoms with E-state index in [4.69, 9.17) is 4.74 Å². The minimum Gasteiger partial charge on any atom is -0.448 e. The first kappa shape index (κ1) is 10.7. The molecule has 0 radical (unpaired) electrons. The number of carbonyl (C=O) groups is 1. The average molecular weight is 213 g/mol. The fraction of sp³-hybridized carbons (Fsp3) is 0.909. The van der Waals surface area contributed by atoms with E-state index in [-0.39, 0.29) is 6.09 Å². The first-order chi connectivity index (χ1) is 7.20. The molecule has 1 saturated carbocycles. The standard InChI is InChI=1S/C11H19NO3/c13-10-12(7-8-15-10)9-11(14)5-3-1-2-4-6-11/h14H,1-9H2. The summed E-state index contributed by atoms with van der Waals surface area (Å²) < 4.78 is 4.86. The molecule has 0 aromatic carbocycles. The Morgan fingerprint density at radius 1 is 1.27 bits per heavy atom. The van der Waals surface area contributed by atoms with Crippen LogP contribution in [0.4, 0.5) is 4.79 Å². The van der Waals surface area contributed by atoms with Gasteiger partial charge in [0.2, 0.25) is 0 Å². The van der Waals surface area contributed by atoms with Gasteiger partial charge in [-0.25, -0.2) is 4.79 Å². The summed E-state index contributed by atoms with van der Waals surface area (Å²) in [6.45, 7) is 1.54. The molecule has 2 fully saturated rings. The molecule has 0 atom stereocenters. The molecule has 0 bridgehead atoms. The Hall–Kier alpha value is -0.770. The molecular formula is C11H19NO3. The largest absolute Gasteiger partial charge is 0.448 e. The summed E-state index contributed by atoms with van der Waals surface area (Å²) in [6, 6.07) is 0. The summed E-state index contributed by atoms with van der Waals surface area (Å²) in [7, 11) is 0. The van der Waals surface area contributed by atoms with Crippen LogP contribution in [0.15, 0.2) is 0 Å². The van der Waals surface area contributed by atoms with E-state index in [0.717, 1.165) is 25.7 Å². The van der Waals surface area contributed by atoms with Crippen LogP contribution in [-0.4, -0.2) is 41.4 Å². The summed E-state index contributed by atoms with van der Waals surface area (Å²) in [5.41, 5.74) is -0.667. The van der Waals surface area contributed by atoms with Crippen molar-refractivity contribution in [1.82, 2.24) is 4.90 Å². The number of cyclic esters (lactones) is 1. The Morgan fingerprint density at radius 2 is 1.93 bits per heavy atom. The quantitative estimate of drug-likeness (QED) is 0.708. The highest BCUT2D eigenvalue weighted by Gasteiger charge is 2.34. The normalized spacial score (nSPS) is 26.2. The van der Waals surface area contributed by atoms with Gasteiger partial charge in [0.1, 0.15) is 6.61 Å². The Kier molecular flexibility index (Phi) is 3.14. The Balaban J connectivity index is 1.92. The molecule has 4 heteroatoms. The van der Waals surface area contributed by atoms with Crippen molar-refractivity contribution < 1.29 is 14.6 Å². The van der Waals surface area contributed by atoms with Crippen LogP contribution in [-0.2, 0) is 4.74 Å². The van der Waals surface area contributed by atoms with Gasteiger partial charge >= 0.3 is 6.09 Å². The highest BCUT2D eigenvalue weighted by atomic mass is 16.6. The van der Waals surface area contributed by atoms with E-state index in [1.165, 1.54) is 12.8 Å². The zero-order valence-corrected chi connectivity index (χ0v) is 9.07. The number of aliphatic hydroxyl groups is 1. The zero-order valence-electron chi connectivity index (χ0n) is 9.07. The molecule has 2 rings (SSSR count). The second-order valence-electron chi connectivity index (χ2n) is 4.67. The van der Waals surface area contributed by atoms with Crippen LogP contribution in [0, 0.1) is 0 Å². The number of ether oxygens (including phenoxy) is 1. The van der Waals surface area contributed by atoms with Gasteiger partial charge in [0.25, 0.3) is 0 Å². The zero-order chi connectivity index (χ0) is 10.7. The van der Waals surface area contributed by atoms with Gasteiger partial charge in [0.05, 0.1) is 18.7 Å². The maximum atomic E-state index is 11.3. The van der Waals surface area contributed by atoms with Crippen molar-refractivity contribution in [2.75, 3.05) is 19.7 Å². The molecule has 0 aromatic rings. The van der Waals surface area contributed by atoms with Crippen molar-refractivity contribution >= 4 is 6.09 Å². The molecule has 1 amide bonds. The Labute approximate surface area is 90.2 Å². The lowest BCUT2D eigenvalue weighted by Crippen LogP contribution is -2.43. The third kappa shape index (κ3) is 2.62. The molecule has 1 heterocycles. The summed E-state index contributed by atoms with van der Waals surface area (Å²) in [4.78, 5) is 12.9. The molecule has 0 aromatic heterocycles. The van der Waals surface area contributed by atoms with E-state index >= 15 is 0 Å². The SMILES string of the molecule is O=C1OCCN1CC1(O)CCCCCC1. The molecule has 4 nitrogen and oxygen atoms in total. The highest BCUT2D eigenvalue weighted by molar-refractivity contribution is 5.69. The number of hydrogen-bond acceptors (Lipinski definition) is 3. The molecule has 0 spiro atoms. The predicted octanol–water partition coefficient (Wildman–Crippen LogP) is 1.52. The fourth-order valence-corrected chi connectivity index (χ4v) is 2.47. The number of rotatable bonds is 2. The lowest BCUT2D eigenvalue weighted by atomic mass is 9.94. The lowest BCUT2D eigenvalue weighted by molar-refractivity contribution is 0.00218. The van der Waals surface area contributed by atoms with Gasteiger partial charge in [0, 0.05) is 0 Å². The fourth-order valence-electron chi connectivity index (χ4n) is 2.47. The maximum absolute atomic E-state index is 11.3.